The molecule has 5 heteroatoms. The lowest BCUT2D eigenvalue weighted by Gasteiger charge is -2.09. The third-order valence-corrected chi connectivity index (χ3v) is 2.12. The van der Waals surface area contributed by atoms with E-state index in [9.17, 15) is 8.78 Å². The SMILES string of the molecule is CC(N)Cc1c(F)cc(O)c(Cl)c1F. The van der Waals surface area contributed by atoms with Gasteiger partial charge < -0.3 is 10.8 Å². The molecular formula is C9H10ClF2NO. The number of aromatic hydroxyl groups is 1. The van der Waals surface area contributed by atoms with Crippen molar-refractivity contribution in [1.82, 2.24) is 0 Å². The van der Waals surface area contributed by atoms with Gasteiger partial charge >= 0.3 is 0 Å². The Balaban J connectivity index is 3.22. The number of hydrogen-bond donors (Lipinski definition) is 2. The van der Waals surface area contributed by atoms with Gasteiger partial charge in [0.2, 0.25) is 0 Å². The predicted octanol–water partition coefficient (Wildman–Crippen LogP) is 2.21. The molecule has 1 aromatic rings. The van der Waals surface area contributed by atoms with Crippen molar-refractivity contribution in [3.8, 4) is 5.75 Å². The van der Waals surface area contributed by atoms with E-state index < -0.39 is 22.4 Å². The normalized spacial score (nSPS) is 12.9. The molecule has 2 nitrogen and oxygen atoms in total. The van der Waals surface area contributed by atoms with Crippen LogP contribution in [0, 0.1) is 11.6 Å². The fourth-order valence-electron chi connectivity index (χ4n) is 1.13. The predicted molar refractivity (Wildman–Crippen MR) is 50.4 cm³/mol. The quantitative estimate of drug-likeness (QED) is 0.753. The first-order chi connectivity index (χ1) is 6.43. The van der Waals surface area contributed by atoms with Crippen LogP contribution < -0.4 is 5.73 Å². The summed E-state index contributed by atoms with van der Waals surface area (Å²) in [4.78, 5) is 0. The summed E-state index contributed by atoms with van der Waals surface area (Å²) in [6.07, 6.45) is 0.0394. The molecule has 0 saturated carbocycles. The van der Waals surface area contributed by atoms with Gasteiger partial charge in [-0.25, -0.2) is 8.78 Å². The molecule has 0 aliphatic carbocycles. The molecule has 1 aromatic carbocycles. The van der Waals surface area contributed by atoms with Gasteiger partial charge in [0.15, 0.2) is 5.82 Å². The summed E-state index contributed by atoms with van der Waals surface area (Å²) >= 11 is 5.41. The second kappa shape index (κ2) is 4.11. The highest BCUT2D eigenvalue weighted by atomic mass is 35.5. The van der Waals surface area contributed by atoms with Crippen LogP contribution >= 0.6 is 11.6 Å². The largest absolute Gasteiger partial charge is 0.506 e. The third-order valence-electron chi connectivity index (χ3n) is 1.76. The fraction of sp³-hybridized carbons (Fsp3) is 0.333. The first kappa shape index (κ1) is 11.2. The van der Waals surface area contributed by atoms with Crippen LogP contribution in [0.5, 0.6) is 5.75 Å². The zero-order chi connectivity index (χ0) is 10.9. The zero-order valence-corrected chi connectivity index (χ0v) is 8.28. The minimum absolute atomic E-state index is 0.0394. The Labute approximate surface area is 85.3 Å². The van der Waals surface area contributed by atoms with Crippen LogP contribution in [0.25, 0.3) is 0 Å². The molecule has 3 N–H and O–H groups in total. The van der Waals surface area contributed by atoms with Crippen molar-refractivity contribution in [2.75, 3.05) is 0 Å². The van der Waals surface area contributed by atoms with E-state index in [1.165, 1.54) is 0 Å². The minimum Gasteiger partial charge on any atom is -0.506 e. The first-order valence-electron chi connectivity index (χ1n) is 4.04. The van der Waals surface area contributed by atoms with E-state index in [1.54, 1.807) is 6.92 Å². The van der Waals surface area contributed by atoms with Crippen molar-refractivity contribution in [1.29, 1.82) is 0 Å². The molecule has 0 aliphatic rings. The van der Waals surface area contributed by atoms with Crippen LogP contribution in [-0.4, -0.2) is 11.1 Å². The number of hydrogen-bond acceptors (Lipinski definition) is 2. The summed E-state index contributed by atoms with van der Waals surface area (Å²) in [7, 11) is 0. The van der Waals surface area contributed by atoms with E-state index >= 15 is 0 Å². The number of phenolic OH excluding ortho intramolecular Hbond substituents is 1. The molecule has 0 saturated heterocycles. The minimum atomic E-state index is -0.943. The van der Waals surface area contributed by atoms with Gasteiger partial charge in [-0.1, -0.05) is 11.6 Å². The lowest BCUT2D eigenvalue weighted by Crippen LogP contribution is -2.19. The average Bonchev–Trinajstić information content (AvgIpc) is 2.09. The van der Waals surface area contributed by atoms with Crippen molar-refractivity contribution in [2.45, 2.75) is 19.4 Å². The summed E-state index contributed by atoms with van der Waals surface area (Å²) in [5.74, 6) is -2.38. The molecule has 0 heterocycles. The Kier molecular flexibility index (Phi) is 3.29. The van der Waals surface area contributed by atoms with Crippen molar-refractivity contribution in [3.05, 3.63) is 28.3 Å². The van der Waals surface area contributed by atoms with Crippen LogP contribution in [0.15, 0.2) is 6.07 Å². The molecule has 1 unspecified atom stereocenters. The second-order valence-corrected chi connectivity index (χ2v) is 3.54. The highest BCUT2D eigenvalue weighted by Crippen LogP contribution is 2.30. The lowest BCUT2D eigenvalue weighted by atomic mass is 10.1. The molecule has 78 valence electrons. The van der Waals surface area contributed by atoms with E-state index in [0.29, 0.717) is 0 Å². The Bertz CT molecular complexity index is 355. The van der Waals surface area contributed by atoms with Gasteiger partial charge in [-0.05, 0) is 13.3 Å². The van der Waals surface area contributed by atoms with Crippen LogP contribution in [0.1, 0.15) is 12.5 Å². The van der Waals surface area contributed by atoms with Gasteiger partial charge in [0, 0.05) is 17.7 Å². The Morgan fingerprint density at radius 1 is 1.57 bits per heavy atom. The van der Waals surface area contributed by atoms with Crippen molar-refractivity contribution in [3.63, 3.8) is 0 Å². The average molecular weight is 222 g/mol. The van der Waals surface area contributed by atoms with Crippen LogP contribution in [-0.2, 0) is 6.42 Å². The summed E-state index contributed by atoms with van der Waals surface area (Å²) in [6, 6.07) is 0.406. The number of benzene rings is 1. The van der Waals surface area contributed by atoms with Crippen molar-refractivity contribution in [2.24, 2.45) is 5.73 Å². The highest BCUT2D eigenvalue weighted by molar-refractivity contribution is 6.32. The maximum absolute atomic E-state index is 13.3. The monoisotopic (exact) mass is 221 g/mol. The lowest BCUT2D eigenvalue weighted by molar-refractivity contribution is 0.455. The topological polar surface area (TPSA) is 46.2 Å². The number of halogens is 3. The van der Waals surface area contributed by atoms with Gasteiger partial charge in [-0.3, -0.25) is 0 Å². The number of rotatable bonds is 2. The van der Waals surface area contributed by atoms with Gasteiger partial charge in [0.1, 0.15) is 16.6 Å². The summed E-state index contributed by atoms with van der Waals surface area (Å²) < 4.78 is 26.4. The van der Waals surface area contributed by atoms with E-state index in [1.807, 2.05) is 0 Å². The van der Waals surface area contributed by atoms with Crippen LogP contribution in [0.2, 0.25) is 5.02 Å². The maximum atomic E-state index is 13.3. The van der Waals surface area contributed by atoms with E-state index in [-0.39, 0.29) is 18.0 Å². The molecule has 0 bridgehead atoms. The van der Waals surface area contributed by atoms with E-state index in [2.05, 4.69) is 0 Å². The highest BCUT2D eigenvalue weighted by Gasteiger charge is 2.17. The van der Waals surface area contributed by atoms with Gasteiger partial charge in [0.25, 0.3) is 0 Å². The van der Waals surface area contributed by atoms with Crippen LogP contribution in [0.4, 0.5) is 8.78 Å². The fourth-order valence-corrected chi connectivity index (χ4v) is 1.30. The molecular weight excluding hydrogens is 212 g/mol. The number of nitrogens with two attached hydrogens (primary N) is 1. The maximum Gasteiger partial charge on any atom is 0.151 e. The van der Waals surface area contributed by atoms with Crippen LogP contribution in [0.3, 0.4) is 0 Å². The van der Waals surface area contributed by atoms with Crippen molar-refractivity contribution >= 4 is 11.6 Å². The summed E-state index contributed by atoms with van der Waals surface area (Å²) in [5, 5.41) is 8.53. The molecule has 0 fully saturated rings. The van der Waals surface area contributed by atoms with E-state index in [0.717, 1.165) is 6.07 Å². The molecule has 0 aromatic heterocycles. The summed E-state index contributed by atoms with van der Waals surface area (Å²) in [6.45, 7) is 1.62. The van der Waals surface area contributed by atoms with Gasteiger partial charge in [-0.15, -0.1) is 0 Å². The van der Waals surface area contributed by atoms with Gasteiger partial charge in [0.05, 0.1) is 0 Å². The molecule has 14 heavy (non-hydrogen) atoms. The Hall–Kier alpha value is -0.870. The molecule has 0 aliphatic heterocycles. The van der Waals surface area contributed by atoms with Crippen molar-refractivity contribution < 1.29 is 13.9 Å². The molecule has 0 amide bonds. The molecule has 1 rings (SSSR count). The Morgan fingerprint density at radius 2 is 2.14 bits per heavy atom. The third kappa shape index (κ3) is 2.13. The summed E-state index contributed by atoms with van der Waals surface area (Å²) in [5.41, 5.74) is 5.22. The molecule has 0 spiro atoms. The molecule has 0 radical (unpaired) electrons. The van der Waals surface area contributed by atoms with Gasteiger partial charge in [-0.2, -0.15) is 0 Å². The molecule has 1 atom stereocenters. The number of phenols is 1. The second-order valence-electron chi connectivity index (χ2n) is 3.17. The Morgan fingerprint density at radius 3 is 2.64 bits per heavy atom. The standard InChI is InChI=1S/C9H10ClF2NO/c1-4(13)2-5-6(11)3-7(14)8(10)9(5)12/h3-4,14H,2,13H2,1H3. The zero-order valence-electron chi connectivity index (χ0n) is 7.52. The smallest absolute Gasteiger partial charge is 0.151 e. The first-order valence-corrected chi connectivity index (χ1v) is 4.42. The van der Waals surface area contributed by atoms with E-state index in [4.69, 9.17) is 22.4 Å².